The SMILES string of the molecule is F[C@H]1CCC[C@@H]2C(c3ccccc3)=NO[C@@H]21. The highest BCUT2D eigenvalue weighted by Gasteiger charge is 2.42. The molecule has 0 saturated heterocycles. The van der Waals surface area contributed by atoms with Crippen molar-refractivity contribution >= 4 is 5.71 Å². The summed E-state index contributed by atoms with van der Waals surface area (Å²) in [6, 6.07) is 9.93. The van der Waals surface area contributed by atoms with Gasteiger partial charge in [-0.3, -0.25) is 0 Å². The van der Waals surface area contributed by atoms with E-state index < -0.39 is 6.17 Å². The molecule has 1 fully saturated rings. The van der Waals surface area contributed by atoms with Gasteiger partial charge in [0.15, 0.2) is 6.10 Å². The molecule has 3 atom stereocenters. The number of nitrogens with zero attached hydrogens (tertiary/aromatic N) is 1. The molecule has 1 aliphatic carbocycles. The molecule has 0 unspecified atom stereocenters. The van der Waals surface area contributed by atoms with E-state index in [0.29, 0.717) is 6.42 Å². The topological polar surface area (TPSA) is 21.6 Å². The average Bonchev–Trinajstić information content (AvgIpc) is 2.75. The lowest BCUT2D eigenvalue weighted by Crippen LogP contribution is -2.36. The van der Waals surface area contributed by atoms with Gasteiger partial charge in [-0.25, -0.2) is 4.39 Å². The minimum Gasteiger partial charge on any atom is -0.388 e. The molecule has 2 nitrogen and oxygen atoms in total. The van der Waals surface area contributed by atoms with Crippen LogP contribution in [0.3, 0.4) is 0 Å². The summed E-state index contributed by atoms with van der Waals surface area (Å²) in [6.45, 7) is 0. The Morgan fingerprint density at radius 3 is 2.81 bits per heavy atom. The quantitative estimate of drug-likeness (QED) is 0.711. The zero-order valence-electron chi connectivity index (χ0n) is 8.97. The summed E-state index contributed by atoms with van der Waals surface area (Å²) in [5.41, 5.74) is 1.98. The molecule has 0 aromatic heterocycles. The van der Waals surface area contributed by atoms with Crippen molar-refractivity contribution in [2.75, 3.05) is 0 Å². The van der Waals surface area contributed by atoms with E-state index in [4.69, 9.17) is 4.84 Å². The van der Waals surface area contributed by atoms with E-state index in [1.165, 1.54) is 0 Å². The first kappa shape index (κ1) is 9.82. The van der Waals surface area contributed by atoms with Gasteiger partial charge in [0, 0.05) is 5.92 Å². The second-order valence-corrected chi connectivity index (χ2v) is 4.47. The number of fused-ring (bicyclic) bond motifs is 1. The predicted octanol–water partition coefficient (Wildman–Crippen LogP) is 2.93. The minimum atomic E-state index is -0.858. The van der Waals surface area contributed by atoms with Crippen molar-refractivity contribution in [3.05, 3.63) is 35.9 Å². The maximum atomic E-state index is 13.6. The lowest BCUT2D eigenvalue weighted by atomic mass is 9.81. The van der Waals surface area contributed by atoms with Crippen LogP contribution in [-0.2, 0) is 4.84 Å². The molecule has 0 bridgehead atoms. The van der Waals surface area contributed by atoms with Crippen molar-refractivity contribution in [3.63, 3.8) is 0 Å². The van der Waals surface area contributed by atoms with E-state index >= 15 is 0 Å². The number of alkyl halides is 1. The molecule has 1 aromatic rings. The summed E-state index contributed by atoms with van der Waals surface area (Å²) in [6.07, 6.45) is 1.32. The first-order valence-electron chi connectivity index (χ1n) is 5.79. The van der Waals surface area contributed by atoms with Crippen LogP contribution in [0, 0.1) is 5.92 Å². The molecule has 0 amide bonds. The van der Waals surface area contributed by atoms with Gasteiger partial charge in [0.05, 0.1) is 5.71 Å². The zero-order chi connectivity index (χ0) is 11.0. The van der Waals surface area contributed by atoms with Crippen molar-refractivity contribution < 1.29 is 9.23 Å². The molecule has 0 radical (unpaired) electrons. The Morgan fingerprint density at radius 2 is 2.00 bits per heavy atom. The normalized spacial score (nSPS) is 32.8. The molecule has 0 N–H and O–H groups in total. The Labute approximate surface area is 94.1 Å². The minimum absolute atomic E-state index is 0.145. The lowest BCUT2D eigenvalue weighted by molar-refractivity contribution is -0.0181. The lowest BCUT2D eigenvalue weighted by Gasteiger charge is -2.26. The van der Waals surface area contributed by atoms with E-state index in [1.54, 1.807) is 0 Å². The molecule has 3 heteroatoms. The van der Waals surface area contributed by atoms with Crippen molar-refractivity contribution in [1.29, 1.82) is 0 Å². The van der Waals surface area contributed by atoms with Crippen LogP contribution in [0.25, 0.3) is 0 Å². The third-order valence-corrected chi connectivity index (χ3v) is 3.44. The molecule has 3 rings (SSSR count). The average molecular weight is 219 g/mol. The monoisotopic (exact) mass is 219 g/mol. The molecule has 2 aliphatic rings. The van der Waals surface area contributed by atoms with Gasteiger partial charge in [-0.2, -0.15) is 0 Å². The van der Waals surface area contributed by atoms with Crippen molar-refractivity contribution in [3.8, 4) is 0 Å². The number of hydrogen-bond acceptors (Lipinski definition) is 2. The van der Waals surface area contributed by atoms with Crippen LogP contribution in [-0.4, -0.2) is 18.0 Å². The Hall–Kier alpha value is -1.38. The van der Waals surface area contributed by atoms with E-state index in [9.17, 15) is 4.39 Å². The largest absolute Gasteiger partial charge is 0.388 e. The molecule has 1 saturated carbocycles. The van der Waals surface area contributed by atoms with Crippen LogP contribution in [0.5, 0.6) is 0 Å². The standard InChI is InChI=1S/C13H14FNO/c14-11-8-4-7-10-12(15-16-13(10)11)9-5-2-1-3-6-9/h1-3,5-6,10-11,13H,4,7-8H2/t10-,11+,13+/m1/s1. The summed E-state index contributed by atoms with van der Waals surface area (Å²) in [5.74, 6) is 0.145. The van der Waals surface area contributed by atoms with E-state index in [0.717, 1.165) is 24.1 Å². The first-order chi connectivity index (χ1) is 7.86. The van der Waals surface area contributed by atoms with E-state index in [-0.39, 0.29) is 12.0 Å². The zero-order valence-corrected chi connectivity index (χ0v) is 8.97. The van der Waals surface area contributed by atoms with Gasteiger partial charge in [0.25, 0.3) is 0 Å². The van der Waals surface area contributed by atoms with Crippen molar-refractivity contribution in [1.82, 2.24) is 0 Å². The molecule has 16 heavy (non-hydrogen) atoms. The smallest absolute Gasteiger partial charge is 0.166 e. The number of halogens is 1. The number of benzene rings is 1. The van der Waals surface area contributed by atoms with E-state index in [2.05, 4.69) is 5.16 Å². The van der Waals surface area contributed by atoms with Gasteiger partial charge in [0.1, 0.15) is 6.17 Å². The van der Waals surface area contributed by atoms with Crippen molar-refractivity contribution in [2.24, 2.45) is 11.1 Å². The number of rotatable bonds is 1. The molecule has 1 heterocycles. The molecule has 84 valence electrons. The van der Waals surface area contributed by atoms with Gasteiger partial charge in [-0.1, -0.05) is 35.5 Å². The molecule has 0 spiro atoms. The fourth-order valence-corrected chi connectivity index (χ4v) is 2.61. The highest BCUT2D eigenvalue weighted by Crippen LogP contribution is 2.36. The summed E-state index contributed by atoms with van der Waals surface area (Å²) in [7, 11) is 0. The molecular formula is C13H14FNO. The second kappa shape index (κ2) is 3.89. The molecular weight excluding hydrogens is 205 g/mol. The van der Waals surface area contributed by atoms with Gasteiger partial charge < -0.3 is 4.84 Å². The third kappa shape index (κ3) is 1.51. The number of oxime groups is 1. The summed E-state index contributed by atoms with van der Waals surface area (Å²) in [5, 5.41) is 4.08. The number of hydrogen-bond donors (Lipinski definition) is 0. The Bertz CT molecular complexity index is 404. The van der Waals surface area contributed by atoms with Crippen LogP contribution < -0.4 is 0 Å². The highest BCUT2D eigenvalue weighted by atomic mass is 19.1. The Morgan fingerprint density at radius 1 is 1.19 bits per heavy atom. The molecule has 1 aromatic carbocycles. The fraction of sp³-hybridized carbons (Fsp3) is 0.462. The van der Waals surface area contributed by atoms with Gasteiger partial charge in [-0.05, 0) is 24.8 Å². The van der Waals surface area contributed by atoms with Gasteiger partial charge in [0.2, 0.25) is 0 Å². The summed E-state index contributed by atoms with van der Waals surface area (Å²) >= 11 is 0. The summed E-state index contributed by atoms with van der Waals surface area (Å²) in [4.78, 5) is 5.25. The Balaban J connectivity index is 1.88. The second-order valence-electron chi connectivity index (χ2n) is 4.47. The van der Waals surface area contributed by atoms with Crippen LogP contribution in [0.4, 0.5) is 4.39 Å². The van der Waals surface area contributed by atoms with Gasteiger partial charge in [-0.15, -0.1) is 0 Å². The Kier molecular flexibility index (Phi) is 2.39. The van der Waals surface area contributed by atoms with Crippen LogP contribution >= 0.6 is 0 Å². The highest BCUT2D eigenvalue weighted by molar-refractivity contribution is 6.03. The summed E-state index contributed by atoms with van der Waals surface area (Å²) < 4.78 is 13.6. The van der Waals surface area contributed by atoms with Crippen molar-refractivity contribution in [2.45, 2.75) is 31.5 Å². The maximum absolute atomic E-state index is 13.6. The molecule has 1 aliphatic heterocycles. The van der Waals surface area contributed by atoms with Crippen LogP contribution in [0.15, 0.2) is 35.5 Å². The van der Waals surface area contributed by atoms with E-state index in [1.807, 2.05) is 30.3 Å². The van der Waals surface area contributed by atoms with Crippen LogP contribution in [0.1, 0.15) is 24.8 Å². The first-order valence-corrected chi connectivity index (χ1v) is 5.79. The van der Waals surface area contributed by atoms with Crippen LogP contribution in [0.2, 0.25) is 0 Å². The maximum Gasteiger partial charge on any atom is 0.166 e. The van der Waals surface area contributed by atoms with Gasteiger partial charge >= 0.3 is 0 Å². The predicted molar refractivity (Wildman–Crippen MR) is 60.1 cm³/mol. The third-order valence-electron chi connectivity index (χ3n) is 3.44. The fourth-order valence-electron chi connectivity index (χ4n) is 2.61.